The fraction of sp³-hybridized carbons (Fsp3) is 0.300. The monoisotopic (exact) mass is 189 g/mol. The van der Waals surface area contributed by atoms with Gasteiger partial charge in [0.25, 0.3) is 0 Å². The van der Waals surface area contributed by atoms with Crippen LogP contribution in [0.3, 0.4) is 0 Å². The molecule has 0 saturated heterocycles. The molecule has 4 nitrogen and oxygen atoms in total. The first-order chi connectivity index (χ1) is 6.70. The molecule has 4 heteroatoms. The number of carbonyl (C=O) groups excluding carboxylic acids is 1. The Morgan fingerprint density at radius 1 is 1.50 bits per heavy atom. The molecule has 2 rings (SSSR count). The molecule has 0 radical (unpaired) electrons. The number of aromatic nitrogens is 3. The van der Waals surface area contributed by atoms with Crippen LogP contribution in [0.1, 0.15) is 30.0 Å². The van der Waals surface area contributed by atoms with Gasteiger partial charge in [0.05, 0.1) is 11.9 Å². The summed E-state index contributed by atoms with van der Waals surface area (Å²) in [6.07, 6.45) is 2.72. The average Bonchev–Trinajstić information content (AvgIpc) is 2.58. The van der Waals surface area contributed by atoms with Crippen molar-refractivity contribution < 1.29 is 4.79 Å². The second-order valence-corrected chi connectivity index (χ2v) is 3.16. The van der Waals surface area contributed by atoms with E-state index in [1.54, 1.807) is 10.6 Å². The van der Waals surface area contributed by atoms with Gasteiger partial charge in [0.15, 0.2) is 11.4 Å². The van der Waals surface area contributed by atoms with Gasteiger partial charge in [-0.2, -0.15) is 5.10 Å². The van der Waals surface area contributed by atoms with E-state index in [0.29, 0.717) is 5.69 Å². The summed E-state index contributed by atoms with van der Waals surface area (Å²) in [5, 5.41) is 4.15. The van der Waals surface area contributed by atoms with Crippen LogP contribution < -0.4 is 0 Å². The highest BCUT2D eigenvalue weighted by molar-refractivity contribution is 5.92. The molecule has 0 unspecified atom stereocenters. The van der Waals surface area contributed by atoms with Crippen molar-refractivity contribution in [2.24, 2.45) is 0 Å². The number of hydrogen-bond donors (Lipinski definition) is 0. The van der Waals surface area contributed by atoms with Gasteiger partial charge in [-0.05, 0) is 18.6 Å². The largest absolute Gasteiger partial charge is 0.293 e. The molecule has 14 heavy (non-hydrogen) atoms. The molecule has 0 saturated carbocycles. The number of hydrogen-bond acceptors (Lipinski definition) is 3. The molecule has 0 aliphatic heterocycles. The van der Waals surface area contributed by atoms with Crippen molar-refractivity contribution in [3.63, 3.8) is 0 Å². The third-order valence-electron chi connectivity index (χ3n) is 2.09. The van der Waals surface area contributed by atoms with Crippen LogP contribution in [0.2, 0.25) is 0 Å². The minimum absolute atomic E-state index is 0.0290. The molecule has 0 amide bonds. The summed E-state index contributed by atoms with van der Waals surface area (Å²) in [5.41, 5.74) is 2.24. The van der Waals surface area contributed by atoms with Gasteiger partial charge in [-0.15, -0.1) is 0 Å². The number of ketones is 1. The van der Waals surface area contributed by atoms with E-state index in [0.717, 1.165) is 17.8 Å². The van der Waals surface area contributed by atoms with Gasteiger partial charge < -0.3 is 0 Å². The Bertz CT molecular complexity index is 487. The average molecular weight is 189 g/mol. The van der Waals surface area contributed by atoms with Gasteiger partial charge >= 0.3 is 0 Å². The van der Waals surface area contributed by atoms with E-state index in [1.807, 2.05) is 19.2 Å². The first-order valence-electron chi connectivity index (χ1n) is 4.57. The van der Waals surface area contributed by atoms with Crippen molar-refractivity contribution in [1.29, 1.82) is 0 Å². The van der Waals surface area contributed by atoms with Gasteiger partial charge in [0.1, 0.15) is 5.69 Å². The molecule has 72 valence electrons. The molecule has 0 N–H and O–H groups in total. The van der Waals surface area contributed by atoms with E-state index in [4.69, 9.17) is 0 Å². The van der Waals surface area contributed by atoms with Crippen molar-refractivity contribution in [2.75, 3.05) is 0 Å². The number of nitrogens with zero attached hydrogens (tertiary/aromatic N) is 3. The van der Waals surface area contributed by atoms with Crippen LogP contribution >= 0.6 is 0 Å². The van der Waals surface area contributed by atoms with Crippen LogP contribution in [0.15, 0.2) is 18.3 Å². The van der Waals surface area contributed by atoms with E-state index in [1.165, 1.54) is 6.92 Å². The molecule has 2 heterocycles. The van der Waals surface area contributed by atoms with Crippen molar-refractivity contribution in [3.8, 4) is 0 Å². The maximum atomic E-state index is 11.1. The van der Waals surface area contributed by atoms with E-state index in [-0.39, 0.29) is 5.78 Å². The van der Waals surface area contributed by atoms with Crippen molar-refractivity contribution in [3.05, 3.63) is 29.7 Å². The summed E-state index contributed by atoms with van der Waals surface area (Å²) in [5.74, 6) is -0.0290. The van der Waals surface area contributed by atoms with Gasteiger partial charge in [-0.3, -0.25) is 4.79 Å². The maximum Gasteiger partial charge on any atom is 0.179 e. The Morgan fingerprint density at radius 2 is 2.29 bits per heavy atom. The Hall–Kier alpha value is -1.71. The zero-order valence-electron chi connectivity index (χ0n) is 8.19. The highest BCUT2D eigenvalue weighted by Crippen LogP contribution is 2.05. The summed E-state index contributed by atoms with van der Waals surface area (Å²) >= 11 is 0. The first-order valence-corrected chi connectivity index (χ1v) is 4.57. The van der Waals surface area contributed by atoms with Gasteiger partial charge in [0, 0.05) is 6.92 Å². The summed E-state index contributed by atoms with van der Waals surface area (Å²) in [6, 6.07) is 3.51. The van der Waals surface area contributed by atoms with Crippen LogP contribution in [0.4, 0.5) is 0 Å². The highest BCUT2D eigenvalue weighted by Gasteiger charge is 2.04. The normalized spacial score (nSPS) is 10.7. The Morgan fingerprint density at radius 3 is 2.93 bits per heavy atom. The number of rotatable bonds is 2. The van der Waals surface area contributed by atoms with Gasteiger partial charge in [0.2, 0.25) is 0 Å². The van der Waals surface area contributed by atoms with Crippen LogP contribution in [-0.2, 0) is 6.42 Å². The predicted octanol–water partition coefficient (Wildman–Crippen LogP) is 1.49. The van der Waals surface area contributed by atoms with Crippen LogP contribution in [0.5, 0.6) is 0 Å². The SMILES string of the molecule is CCc1cn2nc(C(C)=O)ccc2n1. The van der Waals surface area contributed by atoms with Crippen molar-refractivity contribution >= 4 is 11.4 Å². The standard InChI is InChI=1S/C10H11N3O/c1-3-8-6-13-10(11-8)5-4-9(12-13)7(2)14/h4-6H,3H2,1-2H3. The number of carbonyl (C=O) groups is 1. The lowest BCUT2D eigenvalue weighted by Gasteiger charge is -1.94. The topological polar surface area (TPSA) is 47.3 Å². The molecular weight excluding hydrogens is 178 g/mol. The Balaban J connectivity index is 2.59. The lowest BCUT2D eigenvalue weighted by molar-refractivity contribution is 0.101. The molecule has 0 fully saturated rings. The summed E-state index contributed by atoms with van der Waals surface area (Å²) < 4.78 is 1.65. The molecule has 0 spiro atoms. The lowest BCUT2D eigenvalue weighted by atomic mass is 10.3. The third-order valence-corrected chi connectivity index (χ3v) is 2.09. The Kier molecular flexibility index (Phi) is 2.04. The highest BCUT2D eigenvalue weighted by atomic mass is 16.1. The molecule has 0 aliphatic rings. The minimum Gasteiger partial charge on any atom is -0.293 e. The summed E-state index contributed by atoms with van der Waals surface area (Å²) in [4.78, 5) is 15.4. The molecule has 0 bridgehead atoms. The first kappa shape index (κ1) is 8.87. The quantitative estimate of drug-likeness (QED) is 0.672. The van der Waals surface area contributed by atoms with E-state index in [2.05, 4.69) is 10.1 Å². The summed E-state index contributed by atoms with van der Waals surface area (Å²) in [7, 11) is 0. The number of imidazole rings is 1. The molecule has 2 aromatic rings. The second kappa shape index (κ2) is 3.21. The smallest absolute Gasteiger partial charge is 0.179 e. The lowest BCUT2D eigenvalue weighted by Crippen LogP contribution is -2.01. The number of fused-ring (bicyclic) bond motifs is 1. The minimum atomic E-state index is -0.0290. The van der Waals surface area contributed by atoms with Crippen LogP contribution in [0, 0.1) is 0 Å². The fourth-order valence-electron chi connectivity index (χ4n) is 1.29. The molecule has 0 atom stereocenters. The molecule has 0 aromatic carbocycles. The van der Waals surface area contributed by atoms with Crippen LogP contribution in [0.25, 0.3) is 5.65 Å². The van der Waals surface area contributed by atoms with Crippen molar-refractivity contribution in [2.45, 2.75) is 20.3 Å². The van der Waals surface area contributed by atoms with E-state index in [9.17, 15) is 4.79 Å². The Labute approximate surface area is 81.6 Å². The fourth-order valence-corrected chi connectivity index (χ4v) is 1.29. The zero-order chi connectivity index (χ0) is 10.1. The number of aryl methyl sites for hydroxylation is 1. The van der Waals surface area contributed by atoms with Gasteiger partial charge in [-0.25, -0.2) is 9.50 Å². The molecule has 2 aromatic heterocycles. The third kappa shape index (κ3) is 1.39. The van der Waals surface area contributed by atoms with Crippen molar-refractivity contribution in [1.82, 2.24) is 14.6 Å². The van der Waals surface area contributed by atoms with E-state index < -0.39 is 0 Å². The maximum absolute atomic E-state index is 11.1. The number of Topliss-reactive ketones (excluding diaryl/α,β-unsaturated/α-hetero) is 1. The van der Waals surface area contributed by atoms with Crippen LogP contribution in [-0.4, -0.2) is 20.4 Å². The van der Waals surface area contributed by atoms with E-state index >= 15 is 0 Å². The predicted molar refractivity (Wildman–Crippen MR) is 52.4 cm³/mol. The zero-order valence-corrected chi connectivity index (χ0v) is 8.19. The second-order valence-electron chi connectivity index (χ2n) is 3.16. The molecular formula is C10H11N3O. The molecule has 0 aliphatic carbocycles. The van der Waals surface area contributed by atoms with Gasteiger partial charge in [-0.1, -0.05) is 6.92 Å². The summed E-state index contributed by atoms with van der Waals surface area (Å²) in [6.45, 7) is 3.54.